The number of unbranched alkanes of at least 4 members (excludes halogenated alkanes) is 15. The van der Waals surface area contributed by atoms with Crippen LogP contribution in [0.15, 0.2) is 0 Å². The zero-order valence-corrected chi connectivity index (χ0v) is 21.1. The molecule has 2 unspecified atom stereocenters. The number of carboxylic acid groups (broad SMARTS) is 1. The quantitative estimate of drug-likeness (QED) is 0.0908. The van der Waals surface area contributed by atoms with Crippen LogP contribution in [-0.2, 0) is 13.8 Å². The maximum absolute atomic E-state index is 10.2. The van der Waals surface area contributed by atoms with Gasteiger partial charge in [-0.05, 0) is 20.3 Å². The summed E-state index contributed by atoms with van der Waals surface area (Å²) in [4.78, 5) is 18.1. The Labute approximate surface area is 190 Å². The van der Waals surface area contributed by atoms with Gasteiger partial charge in [0.05, 0.1) is 6.61 Å². The Morgan fingerprint density at radius 2 is 1.13 bits per heavy atom. The predicted molar refractivity (Wildman–Crippen MR) is 127 cm³/mol. The molecular formula is C23H49O7P. The molecule has 0 heterocycles. The highest BCUT2D eigenvalue weighted by Gasteiger charge is 2.28. The van der Waals surface area contributed by atoms with Gasteiger partial charge in [0.2, 0.25) is 0 Å². The van der Waals surface area contributed by atoms with E-state index in [1.54, 1.807) is 6.92 Å². The molecule has 0 radical (unpaired) electrons. The molecule has 7 nitrogen and oxygen atoms in total. The van der Waals surface area contributed by atoms with E-state index in [-0.39, 0.29) is 6.61 Å². The van der Waals surface area contributed by atoms with E-state index in [0.29, 0.717) is 6.61 Å². The van der Waals surface area contributed by atoms with E-state index in [9.17, 15) is 9.36 Å². The van der Waals surface area contributed by atoms with Crippen LogP contribution in [0.25, 0.3) is 0 Å². The van der Waals surface area contributed by atoms with Crippen molar-refractivity contribution < 1.29 is 33.7 Å². The first-order valence-electron chi connectivity index (χ1n) is 12.3. The number of hydrogen-bond acceptors (Lipinski definition) is 5. The van der Waals surface area contributed by atoms with E-state index >= 15 is 0 Å². The Morgan fingerprint density at radius 1 is 0.774 bits per heavy atom. The molecule has 0 rings (SSSR count). The summed E-state index contributed by atoms with van der Waals surface area (Å²) in [6.07, 6.45) is 21.6. The van der Waals surface area contributed by atoms with Crippen LogP contribution in [0.2, 0.25) is 0 Å². The summed E-state index contributed by atoms with van der Waals surface area (Å²) in [6.45, 7) is 6.01. The summed E-state index contributed by atoms with van der Waals surface area (Å²) in [7, 11) is -4.35. The van der Waals surface area contributed by atoms with Crippen molar-refractivity contribution in [3.8, 4) is 0 Å². The molecule has 0 aromatic heterocycles. The van der Waals surface area contributed by atoms with E-state index < -0.39 is 19.6 Å². The molecule has 0 aliphatic heterocycles. The first-order valence-corrected chi connectivity index (χ1v) is 13.9. The van der Waals surface area contributed by atoms with Crippen LogP contribution in [0.3, 0.4) is 0 Å². The highest BCUT2D eigenvalue weighted by atomic mass is 31.2. The second-order valence-electron chi connectivity index (χ2n) is 7.99. The smallest absolute Gasteiger partial charge is 0.435 e. The maximum Gasteiger partial charge on any atom is 0.435 e. The number of carbonyl (C=O) groups is 1. The van der Waals surface area contributed by atoms with Crippen LogP contribution in [-0.4, -0.2) is 40.3 Å². The molecule has 31 heavy (non-hydrogen) atoms. The molecule has 0 aromatic carbocycles. The monoisotopic (exact) mass is 468 g/mol. The van der Waals surface area contributed by atoms with Gasteiger partial charge in [0, 0.05) is 6.61 Å². The average molecular weight is 469 g/mol. The molecule has 0 saturated heterocycles. The van der Waals surface area contributed by atoms with E-state index in [4.69, 9.17) is 19.8 Å². The van der Waals surface area contributed by atoms with Crippen LogP contribution in [0.1, 0.15) is 124 Å². The minimum absolute atomic E-state index is 0.0833. The molecular weight excluding hydrogens is 419 g/mol. The number of hydrogen-bond donors (Lipinski definition) is 3. The third kappa shape index (κ3) is 27.5. The van der Waals surface area contributed by atoms with Crippen molar-refractivity contribution in [2.45, 2.75) is 130 Å². The Bertz CT molecular complexity index is 430. The number of aliphatic hydroxyl groups excluding tert-OH is 1. The van der Waals surface area contributed by atoms with Crippen LogP contribution >= 0.6 is 7.60 Å². The van der Waals surface area contributed by atoms with Crippen molar-refractivity contribution in [1.29, 1.82) is 0 Å². The molecule has 8 heteroatoms. The molecule has 0 amide bonds. The van der Waals surface area contributed by atoms with Crippen molar-refractivity contribution in [2.75, 3.05) is 13.2 Å². The molecule has 0 aromatic rings. The molecule has 0 aliphatic rings. The minimum Gasteiger partial charge on any atom is -0.472 e. The Balaban J connectivity index is 0. The van der Waals surface area contributed by atoms with E-state index in [1.165, 1.54) is 103 Å². The van der Waals surface area contributed by atoms with Gasteiger partial charge in [-0.25, -0.2) is 9.36 Å². The topological polar surface area (TPSA) is 113 Å². The predicted octanol–water partition coefficient (Wildman–Crippen LogP) is 7.49. The Hall–Kier alpha value is -0.460. The zero-order chi connectivity index (χ0) is 23.8. The molecule has 0 bridgehead atoms. The summed E-state index contributed by atoms with van der Waals surface area (Å²) in [5.74, 6) is 0. The highest BCUT2D eigenvalue weighted by Crippen LogP contribution is 2.41. The normalized spacial score (nSPS) is 13.8. The maximum atomic E-state index is 10.2. The largest absolute Gasteiger partial charge is 0.472 e. The fourth-order valence-corrected chi connectivity index (χ4v) is 3.59. The van der Waals surface area contributed by atoms with Crippen LogP contribution in [0, 0.1) is 0 Å². The number of aliphatic hydroxyl groups is 1. The van der Waals surface area contributed by atoms with Gasteiger partial charge in [0.15, 0.2) is 6.29 Å². The summed E-state index contributed by atoms with van der Waals surface area (Å²) in [5.41, 5.74) is -1.82. The second-order valence-corrected chi connectivity index (χ2v) is 9.68. The first-order chi connectivity index (χ1) is 14.8. The molecule has 3 N–H and O–H groups in total. The van der Waals surface area contributed by atoms with Gasteiger partial charge in [0.25, 0.3) is 0 Å². The number of rotatable bonds is 21. The lowest BCUT2D eigenvalue weighted by atomic mass is 10.0. The highest BCUT2D eigenvalue weighted by molar-refractivity contribution is 7.70. The lowest BCUT2D eigenvalue weighted by Crippen LogP contribution is -2.06. The third-order valence-electron chi connectivity index (χ3n) is 4.90. The summed E-state index contributed by atoms with van der Waals surface area (Å²) in [6, 6.07) is 0. The Morgan fingerprint density at radius 3 is 1.39 bits per heavy atom. The third-order valence-corrected chi connectivity index (χ3v) is 5.99. The van der Waals surface area contributed by atoms with Crippen molar-refractivity contribution in [3.63, 3.8) is 0 Å². The van der Waals surface area contributed by atoms with Crippen LogP contribution < -0.4 is 0 Å². The fraction of sp³-hybridized carbons (Fsp3) is 0.957. The van der Waals surface area contributed by atoms with E-state index in [2.05, 4.69) is 11.4 Å². The number of ether oxygens (including phenoxy) is 1. The first kappa shape index (κ1) is 32.7. The van der Waals surface area contributed by atoms with Crippen LogP contribution in [0.4, 0.5) is 4.79 Å². The van der Waals surface area contributed by atoms with Crippen molar-refractivity contribution >= 4 is 13.3 Å². The van der Waals surface area contributed by atoms with Gasteiger partial charge in [-0.15, -0.1) is 0 Å². The minimum atomic E-state index is -4.35. The van der Waals surface area contributed by atoms with E-state index in [1.807, 2.05) is 0 Å². The average Bonchev–Trinajstić information content (AvgIpc) is 2.70. The lowest BCUT2D eigenvalue weighted by molar-refractivity contribution is -0.0859. The van der Waals surface area contributed by atoms with E-state index in [0.717, 1.165) is 6.42 Å². The van der Waals surface area contributed by atoms with Crippen LogP contribution in [0.5, 0.6) is 0 Å². The van der Waals surface area contributed by atoms with Gasteiger partial charge in [0.1, 0.15) is 0 Å². The van der Waals surface area contributed by atoms with Gasteiger partial charge < -0.3 is 24.4 Å². The summed E-state index contributed by atoms with van der Waals surface area (Å²) in [5, 5.41) is 16.9. The van der Waals surface area contributed by atoms with Gasteiger partial charge in [-0.1, -0.05) is 103 Å². The molecule has 188 valence electrons. The molecule has 0 aliphatic carbocycles. The second kappa shape index (κ2) is 24.2. The van der Waals surface area contributed by atoms with Gasteiger partial charge in [-0.2, -0.15) is 0 Å². The zero-order valence-electron chi connectivity index (χ0n) is 20.2. The molecule has 2 atom stereocenters. The van der Waals surface area contributed by atoms with Crippen molar-refractivity contribution in [2.24, 2.45) is 0 Å². The van der Waals surface area contributed by atoms with Crippen molar-refractivity contribution in [1.82, 2.24) is 0 Å². The SMILES string of the molecule is CCCCCCCCCCCCCCCCCCOC(C)O.CCOP(=O)(O)C(=O)O. The van der Waals surface area contributed by atoms with Crippen molar-refractivity contribution in [3.05, 3.63) is 0 Å². The molecule has 0 fully saturated rings. The van der Waals surface area contributed by atoms with Gasteiger partial charge >= 0.3 is 13.3 Å². The fourth-order valence-electron chi connectivity index (χ4n) is 3.13. The van der Waals surface area contributed by atoms with Gasteiger partial charge in [-0.3, -0.25) is 0 Å². The Kier molecular flexibility index (Phi) is 25.5. The summed E-state index contributed by atoms with van der Waals surface area (Å²) < 4.78 is 19.4. The summed E-state index contributed by atoms with van der Waals surface area (Å²) >= 11 is 0. The standard InChI is InChI=1S/C20H42O2.C3H7O5P/c1-3-4-5-6-7-8-9-10-11-12-13-14-15-16-17-18-19-22-20(2)21;1-2-8-9(6,7)3(4)5/h20-21H,3-19H2,1-2H3;2H2,1H3,(H,4,5)(H,6,7). The lowest BCUT2D eigenvalue weighted by Gasteiger charge is -2.06. The molecule has 0 saturated carbocycles. The molecule has 0 spiro atoms.